The van der Waals surface area contributed by atoms with Crippen LogP contribution in [0, 0.1) is 10.1 Å². The molecular weight excluding hydrogens is 492 g/mol. The highest BCUT2D eigenvalue weighted by atomic mass is 16.6. The summed E-state index contributed by atoms with van der Waals surface area (Å²) in [4.78, 5) is 40.5. The Kier molecular flexibility index (Phi) is 6.47. The first-order valence-corrected chi connectivity index (χ1v) is 11.2. The van der Waals surface area contributed by atoms with Gasteiger partial charge in [-0.05, 0) is 60.2 Å². The van der Waals surface area contributed by atoms with Crippen molar-refractivity contribution < 1.29 is 23.6 Å². The van der Waals surface area contributed by atoms with Crippen LogP contribution in [0.1, 0.15) is 15.9 Å². The molecule has 2 heterocycles. The minimum Gasteiger partial charge on any atom is -0.493 e. The van der Waals surface area contributed by atoms with Gasteiger partial charge in [-0.3, -0.25) is 14.9 Å². The summed E-state index contributed by atoms with van der Waals surface area (Å²) in [5.74, 6) is 0.261. The fourth-order valence-electron chi connectivity index (χ4n) is 3.65. The normalized spacial score (nSPS) is 11.1. The van der Waals surface area contributed by atoms with Crippen LogP contribution in [0.25, 0.3) is 22.5 Å². The highest BCUT2D eigenvalue weighted by Gasteiger charge is 2.16. The maximum Gasteiger partial charge on any atom is 0.343 e. The molecule has 0 aliphatic carbocycles. The van der Waals surface area contributed by atoms with E-state index in [1.54, 1.807) is 48.5 Å². The average molecular weight is 510 g/mol. The van der Waals surface area contributed by atoms with Crippen molar-refractivity contribution in [3.8, 4) is 23.1 Å². The molecule has 0 fully saturated rings. The van der Waals surface area contributed by atoms with E-state index in [2.05, 4.69) is 10.1 Å². The van der Waals surface area contributed by atoms with Crippen molar-refractivity contribution in [2.24, 2.45) is 5.10 Å². The molecule has 3 aromatic carbocycles. The van der Waals surface area contributed by atoms with Gasteiger partial charge in [-0.25, -0.2) is 9.78 Å². The van der Waals surface area contributed by atoms with Crippen molar-refractivity contribution in [3.05, 3.63) is 117 Å². The van der Waals surface area contributed by atoms with Gasteiger partial charge in [-0.15, -0.1) is 0 Å². The second kappa shape index (κ2) is 10.2. The number of non-ortho nitro benzene ring substituents is 1. The fraction of sp³-hybridized carbons (Fsp3) is 0.0370. The van der Waals surface area contributed by atoms with Gasteiger partial charge in [0.05, 0.1) is 41.0 Å². The molecule has 11 heteroatoms. The van der Waals surface area contributed by atoms with Crippen LogP contribution in [0.2, 0.25) is 0 Å². The molecule has 0 atom stereocenters. The number of esters is 1. The lowest BCUT2D eigenvalue weighted by Crippen LogP contribution is -2.20. The number of ether oxygens (including phenoxy) is 2. The van der Waals surface area contributed by atoms with Gasteiger partial charge in [0.2, 0.25) is 5.82 Å². The standard InChI is InChI=1S/C27H18N4O7/c1-36-24-15-17(8-13-22(24)38-27(33)18-9-11-19(12-10-18)31(34)35)16-28-30-25(23-7-4-14-37-23)29-21-6-3-2-5-20(21)26(30)32/h2-16H,1H3. The zero-order valence-corrected chi connectivity index (χ0v) is 19.8. The van der Waals surface area contributed by atoms with E-state index in [-0.39, 0.29) is 34.1 Å². The number of furan rings is 1. The van der Waals surface area contributed by atoms with Crippen LogP contribution in [0.3, 0.4) is 0 Å². The van der Waals surface area contributed by atoms with Gasteiger partial charge < -0.3 is 13.9 Å². The molecule has 0 aliphatic heterocycles. The first-order valence-electron chi connectivity index (χ1n) is 11.2. The number of benzene rings is 3. The Morgan fingerprint density at radius 3 is 2.55 bits per heavy atom. The summed E-state index contributed by atoms with van der Waals surface area (Å²) in [7, 11) is 1.41. The molecule has 0 radical (unpaired) electrons. The van der Waals surface area contributed by atoms with E-state index in [9.17, 15) is 19.7 Å². The Morgan fingerprint density at radius 1 is 1.05 bits per heavy atom. The third-order valence-electron chi connectivity index (χ3n) is 5.52. The van der Waals surface area contributed by atoms with Crippen molar-refractivity contribution in [3.63, 3.8) is 0 Å². The van der Waals surface area contributed by atoms with Gasteiger partial charge in [-0.1, -0.05) is 12.1 Å². The first-order chi connectivity index (χ1) is 18.4. The molecule has 188 valence electrons. The molecule has 0 amide bonds. The Labute approximate surface area is 214 Å². The number of nitrogens with zero attached hydrogens (tertiary/aromatic N) is 4. The fourth-order valence-corrected chi connectivity index (χ4v) is 3.65. The van der Waals surface area contributed by atoms with Gasteiger partial charge in [0, 0.05) is 12.1 Å². The third kappa shape index (κ3) is 4.75. The monoisotopic (exact) mass is 510 g/mol. The number of aromatic nitrogens is 2. The molecule has 0 N–H and O–H groups in total. The minimum absolute atomic E-state index is 0.133. The minimum atomic E-state index is -0.712. The predicted octanol–water partition coefficient (Wildman–Crippen LogP) is 4.67. The van der Waals surface area contributed by atoms with E-state index in [1.807, 2.05) is 0 Å². The zero-order chi connectivity index (χ0) is 26.6. The van der Waals surface area contributed by atoms with Crippen LogP contribution in [-0.2, 0) is 0 Å². The molecule has 38 heavy (non-hydrogen) atoms. The topological polar surface area (TPSA) is 139 Å². The highest BCUT2D eigenvalue weighted by molar-refractivity contribution is 5.92. The number of hydrogen-bond donors (Lipinski definition) is 0. The van der Waals surface area contributed by atoms with Crippen LogP contribution < -0.4 is 15.0 Å². The molecule has 0 saturated carbocycles. The van der Waals surface area contributed by atoms with Crippen LogP contribution in [0.5, 0.6) is 11.5 Å². The molecule has 0 spiro atoms. The van der Waals surface area contributed by atoms with Crippen molar-refractivity contribution >= 4 is 28.8 Å². The average Bonchev–Trinajstić information content (AvgIpc) is 3.48. The van der Waals surface area contributed by atoms with E-state index in [0.717, 1.165) is 4.68 Å². The maximum atomic E-state index is 13.2. The number of nitro groups is 1. The van der Waals surface area contributed by atoms with Crippen molar-refractivity contribution in [2.75, 3.05) is 7.11 Å². The molecular formula is C27H18N4O7. The van der Waals surface area contributed by atoms with E-state index < -0.39 is 10.9 Å². The maximum absolute atomic E-state index is 13.2. The van der Waals surface area contributed by atoms with E-state index in [1.165, 1.54) is 49.9 Å². The molecule has 0 aliphatic rings. The Hall–Kier alpha value is -5.58. The predicted molar refractivity (Wildman–Crippen MR) is 138 cm³/mol. The van der Waals surface area contributed by atoms with Crippen molar-refractivity contribution in [1.82, 2.24) is 9.66 Å². The van der Waals surface area contributed by atoms with Gasteiger partial charge in [-0.2, -0.15) is 9.78 Å². The lowest BCUT2D eigenvalue weighted by atomic mass is 10.2. The molecule has 0 unspecified atom stereocenters. The van der Waals surface area contributed by atoms with Crippen LogP contribution in [-0.4, -0.2) is 33.9 Å². The van der Waals surface area contributed by atoms with Gasteiger partial charge in [0.25, 0.3) is 11.2 Å². The SMILES string of the molecule is COc1cc(C=Nn2c(-c3ccco3)nc3ccccc3c2=O)ccc1OC(=O)c1ccc([N+](=O)[O-])cc1. The number of methoxy groups -OCH3 is 1. The Bertz CT molecular complexity index is 1740. The highest BCUT2D eigenvalue weighted by Crippen LogP contribution is 2.29. The lowest BCUT2D eigenvalue weighted by Gasteiger charge is -2.10. The van der Waals surface area contributed by atoms with Gasteiger partial charge >= 0.3 is 5.97 Å². The Balaban J connectivity index is 1.45. The summed E-state index contributed by atoms with van der Waals surface area (Å²) in [6.45, 7) is 0. The number of para-hydroxylation sites is 1. The molecule has 5 rings (SSSR count). The molecule has 11 nitrogen and oxygen atoms in total. The number of rotatable bonds is 7. The number of carbonyl (C=O) groups is 1. The Morgan fingerprint density at radius 2 is 1.84 bits per heavy atom. The second-order valence-corrected chi connectivity index (χ2v) is 7.90. The number of carbonyl (C=O) groups excluding carboxylic acids is 1. The first kappa shape index (κ1) is 24.1. The quantitative estimate of drug-likeness (QED) is 0.101. The molecule has 5 aromatic rings. The zero-order valence-electron chi connectivity index (χ0n) is 19.8. The second-order valence-electron chi connectivity index (χ2n) is 7.90. The van der Waals surface area contributed by atoms with Crippen LogP contribution >= 0.6 is 0 Å². The molecule has 0 saturated heterocycles. The summed E-state index contributed by atoms with van der Waals surface area (Å²) in [5, 5.41) is 15.6. The van der Waals surface area contributed by atoms with Crippen molar-refractivity contribution in [1.29, 1.82) is 0 Å². The summed E-state index contributed by atoms with van der Waals surface area (Å²) < 4.78 is 17.4. The number of fused-ring (bicyclic) bond motifs is 1. The summed E-state index contributed by atoms with van der Waals surface area (Å²) >= 11 is 0. The molecule has 0 bridgehead atoms. The summed E-state index contributed by atoms with van der Waals surface area (Å²) in [5.41, 5.74) is 0.674. The van der Waals surface area contributed by atoms with Crippen molar-refractivity contribution in [2.45, 2.75) is 0 Å². The smallest absolute Gasteiger partial charge is 0.343 e. The van der Waals surface area contributed by atoms with E-state index >= 15 is 0 Å². The number of hydrogen-bond acceptors (Lipinski definition) is 9. The third-order valence-corrected chi connectivity index (χ3v) is 5.52. The summed E-state index contributed by atoms with van der Waals surface area (Å²) in [6.07, 6.45) is 2.92. The van der Waals surface area contributed by atoms with Crippen LogP contribution in [0.15, 0.2) is 99.4 Å². The lowest BCUT2D eigenvalue weighted by molar-refractivity contribution is -0.384. The van der Waals surface area contributed by atoms with E-state index in [4.69, 9.17) is 13.9 Å². The van der Waals surface area contributed by atoms with Crippen LogP contribution in [0.4, 0.5) is 5.69 Å². The van der Waals surface area contributed by atoms with Gasteiger partial charge in [0.15, 0.2) is 17.3 Å². The largest absolute Gasteiger partial charge is 0.493 e. The van der Waals surface area contributed by atoms with Gasteiger partial charge in [0.1, 0.15) is 0 Å². The number of nitro benzene ring substituents is 1. The molecule has 2 aromatic heterocycles. The van der Waals surface area contributed by atoms with E-state index in [0.29, 0.717) is 22.2 Å². The summed E-state index contributed by atoms with van der Waals surface area (Å²) in [6, 6.07) is 20.1.